The second kappa shape index (κ2) is 14.4. The molecule has 6 nitrogen and oxygen atoms in total. The molecule has 8 rings (SSSR count). The number of phenols is 2. The van der Waals surface area contributed by atoms with Crippen molar-refractivity contribution in [1.82, 2.24) is 0 Å². The molecule has 0 aliphatic heterocycles. The second-order valence-corrected chi connectivity index (χ2v) is 12.6. The summed E-state index contributed by atoms with van der Waals surface area (Å²) >= 11 is 0. The molecule has 0 amide bonds. The zero-order valence-electron chi connectivity index (χ0n) is 28.9. The van der Waals surface area contributed by atoms with Crippen molar-refractivity contribution in [2.75, 3.05) is 11.5 Å². The third kappa shape index (κ3) is 6.79. The molecule has 258 valence electrons. The van der Waals surface area contributed by atoms with Gasteiger partial charge >= 0.3 is 0 Å². The molecule has 0 aliphatic carbocycles. The van der Waals surface area contributed by atoms with Crippen molar-refractivity contribution in [3.8, 4) is 69.3 Å². The Balaban J connectivity index is 1.50. The number of rotatable bonds is 5. The summed E-state index contributed by atoms with van der Waals surface area (Å²) in [4.78, 5) is 0. The highest BCUT2D eigenvalue weighted by molar-refractivity contribution is 6.11. The Kier molecular flexibility index (Phi) is 8.92. The Bertz CT molecular complexity index is 2630. The first-order valence-electron chi connectivity index (χ1n) is 17.2. The van der Waals surface area contributed by atoms with E-state index in [-0.39, 0.29) is 22.9 Å². The molecule has 6 N–H and O–H groups in total. The molecule has 0 saturated heterocycles. The fourth-order valence-electron chi connectivity index (χ4n) is 6.28. The molecule has 0 atom stereocenters. The molecule has 0 saturated carbocycles. The van der Waals surface area contributed by atoms with E-state index >= 15 is 0 Å². The third-order valence-electron chi connectivity index (χ3n) is 8.93. The monoisotopic (exact) mass is 700 g/mol. The van der Waals surface area contributed by atoms with Crippen LogP contribution in [-0.4, -0.2) is 10.2 Å². The Hall–Kier alpha value is -7.80. The quantitative estimate of drug-likeness (QED) is 0.0808. The summed E-state index contributed by atoms with van der Waals surface area (Å²) in [7, 11) is 0. The summed E-state index contributed by atoms with van der Waals surface area (Å²) < 4.78 is 13.6. The highest BCUT2D eigenvalue weighted by atomic mass is 16.5. The van der Waals surface area contributed by atoms with Crippen LogP contribution in [-0.2, 0) is 0 Å². The maximum absolute atomic E-state index is 10.6. The molecule has 0 aliphatic rings. The molecule has 8 aromatic carbocycles. The van der Waals surface area contributed by atoms with Crippen molar-refractivity contribution in [3.63, 3.8) is 0 Å². The minimum absolute atomic E-state index is 0.109. The van der Waals surface area contributed by atoms with Crippen LogP contribution in [0.1, 0.15) is 22.3 Å². The Morgan fingerprint density at radius 3 is 1.20 bits per heavy atom. The lowest BCUT2D eigenvalue weighted by Gasteiger charge is -2.22. The standard InChI is InChI=1S/C48H32N2O4/c49-41-25-23-37(29-43(41)51)53-47-35(21-19-31-11-3-1-4-12-31)27-33-15-7-9-17-39(33)45(47)46-40-18-10-8-16-34(40)28-36(22-20-32-13-5-2-6-14-32)48(46)54-38-24-26-42(50)44(52)30-38/h1-18,23-30,51-52H,49-50H2. The summed E-state index contributed by atoms with van der Waals surface area (Å²) in [6, 6.07) is 49.1. The summed E-state index contributed by atoms with van der Waals surface area (Å²) in [5.41, 5.74) is 16.7. The fraction of sp³-hybridized carbons (Fsp3) is 0. The van der Waals surface area contributed by atoms with E-state index < -0.39 is 0 Å². The van der Waals surface area contributed by atoms with E-state index in [4.69, 9.17) is 20.9 Å². The summed E-state index contributed by atoms with van der Waals surface area (Å²) in [5.74, 6) is 14.8. The van der Waals surface area contributed by atoms with Gasteiger partial charge in [0.2, 0.25) is 0 Å². The van der Waals surface area contributed by atoms with Crippen LogP contribution in [0, 0.1) is 23.7 Å². The molecular formula is C48H32N2O4. The van der Waals surface area contributed by atoms with Crippen molar-refractivity contribution >= 4 is 32.9 Å². The molecule has 8 aromatic rings. The number of nitrogens with two attached hydrogens (primary N) is 2. The molecule has 0 fully saturated rings. The number of fused-ring (bicyclic) bond motifs is 2. The topological polar surface area (TPSA) is 111 Å². The maximum atomic E-state index is 10.6. The van der Waals surface area contributed by atoms with Gasteiger partial charge in [-0.05, 0) is 82.2 Å². The highest BCUT2D eigenvalue weighted by Crippen LogP contribution is 2.50. The summed E-state index contributed by atoms with van der Waals surface area (Å²) in [6.45, 7) is 0. The minimum atomic E-state index is -0.109. The average molecular weight is 701 g/mol. The molecule has 0 heterocycles. The zero-order chi connectivity index (χ0) is 37.0. The molecule has 0 bridgehead atoms. The van der Waals surface area contributed by atoms with Gasteiger partial charge in [-0.25, -0.2) is 0 Å². The fourth-order valence-corrected chi connectivity index (χ4v) is 6.28. The molecule has 6 heteroatoms. The second-order valence-electron chi connectivity index (χ2n) is 12.6. The van der Waals surface area contributed by atoms with Crippen LogP contribution >= 0.6 is 0 Å². The van der Waals surface area contributed by atoms with Gasteiger partial charge in [0.25, 0.3) is 0 Å². The van der Waals surface area contributed by atoms with Gasteiger partial charge < -0.3 is 31.2 Å². The zero-order valence-corrected chi connectivity index (χ0v) is 28.9. The van der Waals surface area contributed by atoms with Crippen LogP contribution < -0.4 is 20.9 Å². The Morgan fingerprint density at radius 1 is 0.407 bits per heavy atom. The van der Waals surface area contributed by atoms with E-state index in [2.05, 4.69) is 23.7 Å². The number of hydrogen-bond donors (Lipinski definition) is 4. The Labute approximate surface area is 312 Å². The number of benzene rings is 8. The van der Waals surface area contributed by atoms with Crippen molar-refractivity contribution in [2.45, 2.75) is 0 Å². The minimum Gasteiger partial charge on any atom is -0.506 e. The first kappa shape index (κ1) is 33.3. The largest absolute Gasteiger partial charge is 0.506 e. The lowest BCUT2D eigenvalue weighted by atomic mass is 9.88. The van der Waals surface area contributed by atoms with Crippen molar-refractivity contribution in [3.05, 3.63) is 180 Å². The van der Waals surface area contributed by atoms with E-state index in [1.54, 1.807) is 24.3 Å². The normalized spacial score (nSPS) is 10.6. The number of anilines is 2. The highest BCUT2D eigenvalue weighted by Gasteiger charge is 2.25. The van der Waals surface area contributed by atoms with E-state index in [1.807, 2.05) is 121 Å². The van der Waals surface area contributed by atoms with Crippen LogP contribution in [0.15, 0.2) is 158 Å². The average Bonchev–Trinajstić information content (AvgIpc) is 3.20. The number of aromatic hydroxyl groups is 2. The first-order chi connectivity index (χ1) is 26.4. The van der Waals surface area contributed by atoms with Gasteiger partial charge in [0.15, 0.2) is 11.5 Å². The van der Waals surface area contributed by atoms with E-state index in [0.717, 1.165) is 32.7 Å². The van der Waals surface area contributed by atoms with E-state index in [9.17, 15) is 10.2 Å². The van der Waals surface area contributed by atoms with Gasteiger partial charge in [0.05, 0.1) is 22.5 Å². The maximum Gasteiger partial charge on any atom is 0.151 e. The van der Waals surface area contributed by atoms with Crippen molar-refractivity contribution < 1.29 is 19.7 Å². The Morgan fingerprint density at radius 2 is 0.796 bits per heavy atom. The number of ether oxygens (including phenoxy) is 2. The van der Waals surface area contributed by atoms with Gasteiger partial charge in [-0.1, -0.05) is 109 Å². The van der Waals surface area contributed by atoms with Gasteiger partial charge in [-0.15, -0.1) is 0 Å². The van der Waals surface area contributed by atoms with Crippen LogP contribution in [0.3, 0.4) is 0 Å². The summed E-state index contributed by atoms with van der Waals surface area (Å²) in [5, 5.41) is 24.8. The SMILES string of the molecule is Nc1ccc(Oc2c(C#Cc3ccccc3)cc3ccccc3c2-c2c(Oc3ccc(N)c(O)c3)c(C#Cc3ccccc3)cc3ccccc23)cc1O. The molecule has 54 heavy (non-hydrogen) atoms. The molecule has 0 spiro atoms. The first-order valence-corrected chi connectivity index (χ1v) is 17.2. The summed E-state index contributed by atoms with van der Waals surface area (Å²) in [6.07, 6.45) is 0. The van der Waals surface area contributed by atoms with Crippen molar-refractivity contribution in [1.29, 1.82) is 0 Å². The lowest BCUT2D eigenvalue weighted by molar-refractivity contribution is 0.454. The number of hydrogen-bond acceptors (Lipinski definition) is 6. The van der Waals surface area contributed by atoms with Crippen LogP contribution in [0.25, 0.3) is 32.7 Å². The van der Waals surface area contributed by atoms with Gasteiger partial charge in [-0.3, -0.25) is 0 Å². The van der Waals surface area contributed by atoms with Gasteiger partial charge in [0, 0.05) is 34.4 Å². The smallest absolute Gasteiger partial charge is 0.151 e. The predicted octanol–water partition coefficient (Wildman–Crippen LogP) is 10.6. The predicted molar refractivity (Wildman–Crippen MR) is 217 cm³/mol. The van der Waals surface area contributed by atoms with Gasteiger partial charge in [-0.2, -0.15) is 0 Å². The lowest BCUT2D eigenvalue weighted by Crippen LogP contribution is -2.00. The van der Waals surface area contributed by atoms with Crippen molar-refractivity contribution in [2.24, 2.45) is 0 Å². The van der Waals surface area contributed by atoms with Crippen LogP contribution in [0.5, 0.6) is 34.5 Å². The number of nitrogen functional groups attached to an aromatic ring is 2. The van der Waals surface area contributed by atoms with Gasteiger partial charge in [0.1, 0.15) is 23.0 Å². The third-order valence-corrected chi connectivity index (χ3v) is 8.93. The van der Waals surface area contributed by atoms with Crippen LogP contribution in [0.2, 0.25) is 0 Å². The van der Waals surface area contributed by atoms with E-state index in [1.165, 1.54) is 12.1 Å². The number of phenolic OH excluding ortho intramolecular Hbond substituents is 2. The molecule has 0 radical (unpaired) electrons. The molecule has 0 aromatic heterocycles. The molecule has 0 unspecified atom stereocenters. The van der Waals surface area contributed by atoms with Crippen LogP contribution in [0.4, 0.5) is 11.4 Å². The molecular weight excluding hydrogens is 669 g/mol. The van der Waals surface area contributed by atoms with E-state index in [0.29, 0.717) is 45.3 Å².